The molecule has 0 saturated carbocycles. The first-order valence-corrected chi connectivity index (χ1v) is 18.3. The van der Waals surface area contributed by atoms with E-state index in [9.17, 15) is 0 Å². The normalized spacial score (nSPS) is 13.7. The molecule has 3 heteroatoms. The minimum atomic E-state index is -0.423. The molecule has 11 rings (SSSR count). The van der Waals surface area contributed by atoms with Gasteiger partial charge in [-0.05, 0) is 86.1 Å². The Morgan fingerprint density at radius 3 is 1.86 bits per heavy atom. The summed E-state index contributed by atoms with van der Waals surface area (Å²) in [6, 6.07) is 62.6. The average Bonchev–Trinajstić information content (AvgIpc) is 3.70. The van der Waals surface area contributed by atoms with E-state index in [2.05, 4.69) is 162 Å². The molecule has 51 heavy (non-hydrogen) atoms. The number of aromatic nitrogens is 1. The highest BCUT2D eigenvalue weighted by Gasteiger charge is 2.50. The van der Waals surface area contributed by atoms with Gasteiger partial charge < -0.3 is 9.30 Å². The quantitative estimate of drug-likeness (QED) is 0.186. The molecule has 0 bridgehead atoms. The average molecular weight is 670 g/mol. The van der Waals surface area contributed by atoms with Crippen molar-refractivity contribution in [2.75, 3.05) is 7.11 Å². The number of nitrogens with zero attached hydrogens (tertiary/aromatic N) is 1. The predicted molar refractivity (Wildman–Crippen MR) is 212 cm³/mol. The molecule has 0 saturated heterocycles. The summed E-state index contributed by atoms with van der Waals surface area (Å²) in [7, 11) is 1.74. The molecule has 1 aliphatic heterocycles. The number of ether oxygens (including phenoxy) is 1. The Kier molecular flexibility index (Phi) is 6.06. The number of rotatable bonds is 3. The van der Waals surface area contributed by atoms with E-state index in [4.69, 9.17) is 4.74 Å². The van der Waals surface area contributed by atoms with Crippen LogP contribution in [-0.2, 0) is 5.41 Å². The smallest absolute Gasteiger partial charge is 0.126 e. The SMILES string of the molecule is COc1ccccc1-c1ccc(-n2c3ccc4c(c3c3c5ccccc5ccc32)Sc2ccccc2C42c3ccccc3-c3ccccc32)cc1. The summed E-state index contributed by atoms with van der Waals surface area (Å²) in [6.07, 6.45) is 0. The molecule has 0 amide bonds. The second-order valence-corrected chi connectivity index (χ2v) is 14.6. The van der Waals surface area contributed by atoms with Crippen molar-refractivity contribution in [2.45, 2.75) is 15.2 Å². The molecule has 2 aliphatic rings. The standard InChI is InChI=1S/C48H31NOS/c1-50-43-20-10-6-13-33(43)31-22-25-32(26-23-31)49-41-28-24-30-12-2-3-14-34(30)45(41)46-42(49)29-27-40-47(46)51-44-21-11-9-19-39(44)48(40)37-17-7-4-15-35(37)36-16-5-8-18-38(36)48/h2-29H,1H3. The number of methoxy groups -OCH3 is 1. The molecule has 1 aliphatic carbocycles. The monoisotopic (exact) mass is 669 g/mol. The Hall–Kier alpha value is -6.03. The fraction of sp³-hybridized carbons (Fsp3) is 0.0417. The van der Waals surface area contributed by atoms with E-state index in [1.54, 1.807) is 7.11 Å². The molecular weight excluding hydrogens is 639 g/mol. The maximum Gasteiger partial charge on any atom is 0.126 e. The first kappa shape index (κ1) is 28.8. The Bertz CT molecular complexity index is 2840. The summed E-state index contributed by atoms with van der Waals surface area (Å²) >= 11 is 1.93. The minimum Gasteiger partial charge on any atom is -0.496 e. The van der Waals surface area contributed by atoms with Crippen LogP contribution in [0.25, 0.3) is 60.5 Å². The summed E-state index contributed by atoms with van der Waals surface area (Å²) in [5.41, 5.74) is 13.4. The molecule has 2 nitrogen and oxygen atoms in total. The lowest BCUT2D eigenvalue weighted by atomic mass is 9.67. The fourth-order valence-corrected chi connectivity index (χ4v) is 10.5. The van der Waals surface area contributed by atoms with Crippen molar-refractivity contribution in [2.24, 2.45) is 0 Å². The minimum absolute atomic E-state index is 0.423. The third-order valence-electron chi connectivity index (χ3n) is 11.2. The molecular formula is C48H31NOS. The van der Waals surface area contributed by atoms with E-state index < -0.39 is 5.41 Å². The lowest BCUT2D eigenvalue weighted by Crippen LogP contribution is -2.32. The number of fused-ring (bicyclic) bond motifs is 15. The number of benzene rings is 8. The number of hydrogen-bond acceptors (Lipinski definition) is 2. The van der Waals surface area contributed by atoms with Crippen LogP contribution in [0.3, 0.4) is 0 Å². The highest BCUT2D eigenvalue weighted by molar-refractivity contribution is 7.99. The second kappa shape index (κ2) is 10.7. The van der Waals surface area contributed by atoms with Gasteiger partial charge in [0.2, 0.25) is 0 Å². The summed E-state index contributed by atoms with van der Waals surface area (Å²) in [6.45, 7) is 0. The van der Waals surface area contributed by atoms with E-state index in [-0.39, 0.29) is 0 Å². The maximum atomic E-state index is 5.71. The summed E-state index contributed by atoms with van der Waals surface area (Å²) in [4.78, 5) is 2.65. The molecule has 0 atom stereocenters. The van der Waals surface area contributed by atoms with Crippen LogP contribution in [0, 0.1) is 0 Å². The van der Waals surface area contributed by atoms with Crippen molar-refractivity contribution >= 4 is 44.3 Å². The van der Waals surface area contributed by atoms with Gasteiger partial charge >= 0.3 is 0 Å². The van der Waals surface area contributed by atoms with Gasteiger partial charge in [-0.25, -0.2) is 0 Å². The zero-order valence-electron chi connectivity index (χ0n) is 27.9. The first-order valence-electron chi connectivity index (χ1n) is 17.5. The molecule has 1 spiro atoms. The van der Waals surface area contributed by atoms with Crippen molar-refractivity contribution in [3.8, 4) is 33.7 Å². The number of para-hydroxylation sites is 1. The highest BCUT2D eigenvalue weighted by atomic mass is 32.2. The van der Waals surface area contributed by atoms with Crippen LogP contribution in [0.15, 0.2) is 180 Å². The van der Waals surface area contributed by atoms with E-state index >= 15 is 0 Å². The largest absolute Gasteiger partial charge is 0.496 e. The van der Waals surface area contributed by atoms with Gasteiger partial charge in [-0.15, -0.1) is 0 Å². The predicted octanol–water partition coefficient (Wildman–Crippen LogP) is 12.4. The van der Waals surface area contributed by atoms with Gasteiger partial charge in [0.15, 0.2) is 0 Å². The van der Waals surface area contributed by atoms with Crippen molar-refractivity contribution in [3.05, 3.63) is 192 Å². The topological polar surface area (TPSA) is 14.2 Å². The summed E-state index contributed by atoms with van der Waals surface area (Å²) < 4.78 is 8.18. The number of hydrogen-bond donors (Lipinski definition) is 0. The third-order valence-corrected chi connectivity index (χ3v) is 12.4. The zero-order chi connectivity index (χ0) is 33.7. The van der Waals surface area contributed by atoms with Gasteiger partial charge in [0, 0.05) is 31.8 Å². The Balaban J connectivity index is 1.26. The summed E-state index contributed by atoms with van der Waals surface area (Å²) in [5.74, 6) is 0.876. The zero-order valence-corrected chi connectivity index (χ0v) is 28.7. The molecule has 0 radical (unpaired) electrons. The molecule has 2 heterocycles. The Morgan fingerprint density at radius 2 is 1.10 bits per heavy atom. The van der Waals surface area contributed by atoms with Gasteiger partial charge in [-0.2, -0.15) is 0 Å². The Morgan fingerprint density at radius 1 is 0.490 bits per heavy atom. The van der Waals surface area contributed by atoms with Crippen LogP contribution >= 0.6 is 11.8 Å². The Labute approximate surface area is 300 Å². The van der Waals surface area contributed by atoms with E-state index in [0.717, 1.165) is 22.6 Å². The van der Waals surface area contributed by atoms with Crippen LogP contribution in [0.5, 0.6) is 5.75 Å². The van der Waals surface area contributed by atoms with Crippen LogP contribution in [-0.4, -0.2) is 11.7 Å². The highest BCUT2D eigenvalue weighted by Crippen LogP contribution is 2.63. The maximum absolute atomic E-state index is 5.71. The van der Waals surface area contributed by atoms with Gasteiger partial charge in [0.1, 0.15) is 5.75 Å². The van der Waals surface area contributed by atoms with Crippen LogP contribution in [0.4, 0.5) is 0 Å². The van der Waals surface area contributed by atoms with Crippen LogP contribution < -0.4 is 4.74 Å². The molecule has 0 fully saturated rings. The van der Waals surface area contributed by atoms with Crippen molar-refractivity contribution in [3.63, 3.8) is 0 Å². The van der Waals surface area contributed by atoms with E-state index in [1.807, 2.05) is 23.9 Å². The van der Waals surface area contributed by atoms with Crippen LogP contribution in [0.2, 0.25) is 0 Å². The van der Waals surface area contributed by atoms with E-state index in [1.165, 1.54) is 75.7 Å². The van der Waals surface area contributed by atoms with Crippen molar-refractivity contribution in [1.29, 1.82) is 0 Å². The molecule has 0 N–H and O–H groups in total. The molecule has 9 aromatic rings. The second-order valence-electron chi connectivity index (χ2n) is 13.5. The van der Waals surface area contributed by atoms with Crippen LogP contribution in [0.1, 0.15) is 22.3 Å². The molecule has 1 aromatic heterocycles. The molecule has 8 aromatic carbocycles. The molecule has 0 unspecified atom stereocenters. The lowest BCUT2D eigenvalue weighted by molar-refractivity contribution is 0.416. The third kappa shape index (κ3) is 3.79. The van der Waals surface area contributed by atoms with E-state index in [0.29, 0.717) is 0 Å². The van der Waals surface area contributed by atoms with Crippen molar-refractivity contribution in [1.82, 2.24) is 4.57 Å². The van der Waals surface area contributed by atoms with Gasteiger partial charge in [0.05, 0.1) is 23.6 Å². The van der Waals surface area contributed by atoms with Crippen molar-refractivity contribution < 1.29 is 4.74 Å². The first-order chi connectivity index (χ1) is 25.3. The van der Waals surface area contributed by atoms with Gasteiger partial charge in [-0.1, -0.05) is 145 Å². The van der Waals surface area contributed by atoms with Gasteiger partial charge in [-0.3, -0.25) is 0 Å². The lowest BCUT2D eigenvalue weighted by Gasteiger charge is -2.40. The fourth-order valence-electron chi connectivity index (χ4n) is 9.13. The summed E-state index contributed by atoms with van der Waals surface area (Å²) in [5, 5.41) is 5.14. The molecule has 240 valence electrons. The van der Waals surface area contributed by atoms with Gasteiger partial charge in [0.25, 0.3) is 0 Å².